The second kappa shape index (κ2) is 13.5. The Bertz CT molecular complexity index is 1750. The molecule has 0 saturated heterocycles. The molecule has 0 aliphatic carbocycles. The molecule has 1 unspecified atom stereocenters. The number of fused-ring (bicyclic) bond motifs is 1. The third-order valence-corrected chi connectivity index (χ3v) is 8.22. The van der Waals surface area contributed by atoms with E-state index in [1.807, 2.05) is 68.7 Å². The second-order valence-corrected chi connectivity index (χ2v) is 11.7. The van der Waals surface area contributed by atoms with E-state index in [0.717, 1.165) is 45.3 Å². The molecule has 5 aromatic carbocycles. The number of amides is 1. The number of rotatable bonds is 9. The molecule has 0 bridgehead atoms. The van der Waals surface area contributed by atoms with Gasteiger partial charge in [-0.3, -0.25) is 4.79 Å². The summed E-state index contributed by atoms with van der Waals surface area (Å²) in [5.74, 6) is 0.798. The molecule has 0 spiro atoms. The van der Waals surface area contributed by atoms with Crippen molar-refractivity contribution in [3.8, 4) is 11.1 Å². The van der Waals surface area contributed by atoms with E-state index in [9.17, 15) is 4.79 Å². The molecule has 226 valence electrons. The van der Waals surface area contributed by atoms with Gasteiger partial charge >= 0.3 is 0 Å². The van der Waals surface area contributed by atoms with Gasteiger partial charge in [0.05, 0.1) is 18.2 Å². The molecule has 6 nitrogen and oxygen atoms in total. The maximum absolute atomic E-state index is 13.6. The van der Waals surface area contributed by atoms with Crippen molar-refractivity contribution in [2.75, 3.05) is 30.9 Å². The van der Waals surface area contributed by atoms with Crippen LogP contribution >= 0.6 is 0 Å². The highest BCUT2D eigenvalue weighted by Crippen LogP contribution is 2.41. The Morgan fingerprint density at radius 2 is 1.33 bits per heavy atom. The summed E-state index contributed by atoms with van der Waals surface area (Å²) in [4.78, 5) is 25.3. The molecule has 1 aliphatic rings. The van der Waals surface area contributed by atoms with Gasteiger partial charge in [0.1, 0.15) is 0 Å². The summed E-state index contributed by atoms with van der Waals surface area (Å²) in [6.07, 6.45) is 0.286. The van der Waals surface area contributed by atoms with Gasteiger partial charge < -0.3 is 20.0 Å². The molecule has 1 amide bonds. The minimum Gasteiger partial charge on any atom is -0.378 e. The number of guanidine groups is 1. The first-order valence-corrected chi connectivity index (χ1v) is 15.4. The number of nitrogens with one attached hydrogen (secondary N) is 1. The van der Waals surface area contributed by atoms with Gasteiger partial charge in [0.2, 0.25) is 11.9 Å². The number of hydrogen-bond donors (Lipinski definition) is 1. The van der Waals surface area contributed by atoms with Crippen LogP contribution in [0.15, 0.2) is 138 Å². The van der Waals surface area contributed by atoms with Gasteiger partial charge in [-0.2, -0.15) is 0 Å². The molecule has 5 aromatic rings. The highest BCUT2D eigenvalue weighted by Gasteiger charge is 2.34. The molecular formula is C39H39N5O. The van der Waals surface area contributed by atoms with Crippen LogP contribution in [0.25, 0.3) is 11.1 Å². The van der Waals surface area contributed by atoms with Crippen molar-refractivity contribution in [2.45, 2.75) is 25.6 Å². The summed E-state index contributed by atoms with van der Waals surface area (Å²) in [7, 11) is 6.17. The van der Waals surface area contributed by atoms with Crippen LogP contribution < -0.4 is 15.1 Å². The van der Waals surface area contributed by atoms with E-state index in [2.05, 4.69) is 106 Å². The largest absolute Gasteiger partial charge is 0.378 e. The Balaban J connectivity index is 1.35. The van der Waals surface area contributed by atoms with E-state index in [1.54, 1.807) is 0 Å². The van der Waals surface area contributed by atoms with Gasteiger partial charge in [-0.1, -0.05) is 103 Å². The predicted octanol–water partition coefficient (Wildman–Crippen LogP) is 7.81. The lowest BCUT2D eigenvalue weighted by atomic mass is 9.96. The molecular weight excluding hydrogens is 554 g/mol. The fourth-order valence-corrected chi connectivity index (χ4v) is 5.81. The van der Waals surface area contributed by atoms with Crippen LogP contribution in [0.5, 0.6) is 0 Å². The third-order valence-electron chi connectivity index (χ3n) is 8.22. The van der Waals surface area contributed by atoms with Crippen LogP contribution in [0.2, 0.25) is 0 Å². The summed E-state index contributed by atoms with van der Waals surface area (Å²) in [5, 5.41) is 3.15. The maximum atomic E-state index is 13.6. The van der Waals surface area contributed by atoms with E-state index >= 15 is 0 Å². The lowest BCUT2D eigenvalue weighted by Crippen LogP contribution is -2.47. The lowest BCUT2D eigenvalue weighted by molar-refractivity contribution is -0.121. The zero-order valence-corrected chi connectivity index (χ0v) is 26.1. The number of aliphatic imine (C=N–C) groups is 1. The first-order valence-electron chi connectivity index (χ1n) is 15.4. The van der Waals surface area contributed by atoms with E-state index in [0.29, 0.717) is 13.1 Å². The zero-order chi connectivity index (χ0) is 31.2. The van der Waals surface area contributed by atoms with Crippen LogP contribution in [-0.2, 0) is 17.9 Å². The molecule has 0 radical (unpaired) electrons. The topological polar surface area (TPSA) is 51.2 Å². The Morgan fingerprint density at radius 1 is 0.711 bits per heavy atom. The van der Waals surface area contributed by atoms with Crippen LogP contribution in [-0.4, -0.2) is 37.9 Å². The first kappa shape index (κ1) is 29.7. The summed E-state index contributed by atoms with van der Waals surface area (Å²) < 4.78 is 0. The number of para-hydroxylation sites is 1. The summed E-state index contributed by atoms with van der Waals surface area (Å²) in [6.45, 7) is 1.16. The first-order chi connectivity index (χ1) is 22.0. The molecule has 0 fully saturated rings. The van der Waals surface area contributed by atoms with Crippen LogP contribution in [0.1, 0.15) is 29.2 Å². The molecule has 0 aromatic heterocycles. The number of benzene rings is 5. The number of nitrogens with zero attached hydrogens (tertiary/aromatic N) is 4. The minimum absolute atomic E-state index is 0.00672. The molecule has 1 N–H and O–H groups in total. The molecule has 45 heavy (non-hydrogen) atoms. The average Bonchev–Trinajstić information content (AvgIpc) is 3.08. The summed E-state index contributed by atoms with van der Waals surface area (Å²) in [6, 6.07) is 45.5. The molecule has 6 rings (SSSR count). The SMILES string of the molecule is CN(Cc1ccc(N(C)C)cc1)C1=Nc2ccccc2C(CC(=O)NCc2ccccc2)N1c1ccc(-c2ccccc2)cc1. The average molecular weight is 594 g/mol. The smallest absolute Gasteiger partial charge is 0.222 e. The van der Waals surface area contributed by atoms with Crippen LogP contribution in [0.4, 0.5) is 17.1 Å². The molecule has 1 heterocycles. The van der Waals surface area contributed by atoms with Crippen molar-refractivity contribution in [2.24, 2.45) is 4.99 Å². The minimum atomic E-state index is -0.245. The van der Waals surface area contributed by atoms with Gasteiger partial charge in [-0.25, -0.2) is 4.99 Å². The summed E-state index contributed by atoms with van der Waals surface area (Å²) >= 11 is 0. The van der Waals surface area contributed by atoms with Crippen LogP contribution in [0.3, 0.4) is 0 Å². The van der Waals surface area contributed by atoms with E-state index < -0.39 is 0 Å². The standard InChI is InChI=1S/C39H39N5O/c1-42(2)33-22-18-30(19-23-33)28-43(3)39-41-36-17-11-10-16-35(36)37(26-38(45)40-27-29-12-6-4-7-13-29)44(39)34-24-20-32(21-25-34)31-14-8-5-9-15-31/h4-25,37H,26-28H2,1-3H3,(H,40,45). The maximum Gasteiger partial charge on any atom is 0.222 e. The molecule has 1 atom stereocenters. The molecule has 0 saturated carbocycles. The van der Waals surface area contributed by atoms with Crippen molar-refractivity contribution in [1.82, 2.24) is 10.2 Å². The van der Waals surface area contributed by atoms with Crippen molar-refractivity contribution < 1.29 is 4.79 Å². The quantitative estimate of drug-likeness (QED) is 0.189. The van der Waals surface area contributed by atoms with Crippen molar-refractivity contribution in [3.63, 3.8) is 0 Å². The normalized spacial score (nSPS) is 13.9. The highest BCUT2D eigenvalue weighted by molar-refractivity contribution is 6.01. The van der Waals surface area contributed by atoms with Crippen molar-refractivity contribution in [3.05, 3.63) is 150 Å². The second-order valence-electron chi connectivity index (χ2n) is 11.7. The summed E-state index contributed by atoms with van der Waals surface area (Å²) in [5.41, 5.74) is 8.63. The Labute approximate surface area is 266 Å². The van der Waals surface area contributed by atoms with E-state index in [1.165, 1.54) is 5.56 Å². The molecule has 6 heteroatoms. The Morgan fingerprint density at radius 3 is 2.02 bits per heavy atom. The number of carbonyl (C=O) groups excluding carboxylic acids is 1. The Kier molecular flexibility index (Phi) is 8.92. The van der Waals surface area contributed by atoms with Gasteiger partial charge in [0, 0.05) is 51.2 Å². The number of anilines is 2. The third kappa shape index (κ3) is 6.91. The van der Waals surface area contributed by atoms with Gasteiger partial charge in [0.25, 0.3) is 0 Å². The van der Waals surface area contributed by atoms with Crippen molar-refractivity contribution in [1.29, 1.82) is 0 Å². The van der Waals surface area contributed by atoms with Crippen LogP contribution in [0, 0.1) is 0 Å². The Hall–Kier alpha value is -5.36. The number of carbonyl (C=O) groups is 1. The van der Waals surface area contributed by atoms with Gasteiger partial charge in [-0.05, 0) is 52.6 Å². The lowest BCUT2D eigenvalue weighted by Gasteiger charge is -2.41. The van der Waals surface area contributed by atoms with Crippen molar-refractivity contribution >= 4 is 28.9 Å². The predicted molar refractivity (Wildman–Crippen MR) is 186 cm³/mol. The van der Waals surface area contributed by atoms with Gasteiger partial charge in [0.15, 0.2) is 0 Å². The molecule has 1 aliphatic heterocycles. The fraction of sp³-hybridized carbons (Fsp3) is 0.179. The monoisotopic (exact) mass is 593 g/mol. The highest BCUT2D eigenvalue weighted by atomic mass is 16.1. The van der Waals surface area contributed by atoms with E-state index in [4.69, 9.17) is 4.99 Å². The zero-order valence-electron chi connectivity index (χ0n) is 26.1. The number of hydrogen-bond acceptors (Lipinski definition) is 5. The fourth-order valence-electron chi connectivity index (χ4n) is 5.81. The van der Waals surface area contributed by atoms with E-state index in [-0.39, 0.29) is 18.4 Å². The van der Waals surface area contributed by atoms with Gasteiger partial charge in [-0.15, -0.1) is 0 Å².